The molecule has 2 rings (SSSR count). The van der Waals surface area contributed by atoms with Crippen LogP contribution in [0.25, 0.3) is 10.9 Å². The fraction of sp³-hybridized carbons (Fsp3) is 0.333. The maximum atomic E-state index is 11.7. The van der Waals surface area contributed by atoms with E-state index in [0.29, 0.717) is 18.8 Å². The molecule has 2 aromatic rings. The molecule has 1 aromatic carbocycles. The molecule has 0 saturated carbocycles. The lowest BCUT2D eigenvalue weighted by molar-refractivity contribution is -0.121. The van der Waals surface area contributed by atoms with Crippen molar-refractivity contribution in [3.8, 4) is 0 Å². The average molecular weight is 248 g/mol. The maximum absolute atomic E-state index is 11.7. The Bertz CT molecular complexity index is 550. The second-order valence-corrected chi connectivity index (χ2v) is 3.96. The molecule has 1 heterocycles. The van der Waals surface area contributed by atoms with Gasteiger partial charge in [-0.2, -0.15) is 5.10 Å². The van der Waals surface area contributed by atoms with Crippen LogP contribution in [0, 0.1) is 0 Å². The summed E-state index contributed by atoms with van der Waals surface area (Å²) in [6, 6.07) is 5.51. The van der Waals surface area contributed by atoms with Crippen molar-refractivity contribution in [3.63, 3.8) is 0 Å². The van der Waals surface area contributed by atoms with Gasteiger partial charge in [0.25, 0.3) is 0 Å². The molecule has 0 unspecified atom stereocenters. The van der Waals surface area contributed by atoms with Gasteiger partial charge in [0, 0.05) is 24.7 Å². The van der Waals surface area contributed by atoms with Crippen molar-refractivity contribution in [2.24, 2.45) is 0 Å². The summed E-state index contributed by atoms with van der Waals surface area (Å²) in [5.74, 6) is -0.0977. The topological polar surface area (TPSA) is 82.2 Å². The van der Waals surface area contributed by atoms with Crippen molar-refractivity contribution in [1.29, 1.82) is 0 Å². The molecule has 18 heavy (non-hydrogen) atoms. The third-order valence-corrected chi connectivity index (χ3v) is 2.59. The van der Waals surface area contributed by atoms with Crippen LogP contribution in [0.2, 0.25) is 0 Å². The fourth-order valence-corrected chi connectivity index (χ4v) is 1.70. The second-order valence-electron chi connectivity index (χ2n) is 3.96. The number of nitrogen functional groups attached to an aromatic ring is 1. The van der Waals surface area contributed by atoms with Crippen LogP contribution < -0.4 is 11.1 Å². The molecule has 3 N–H and O–H groups in total. The highest BCUT2D eigenvalue weighted by Gasteiger charge is 2.07. The smallest absolute Gasteiger partial charge is 0.241 e. The Kier molecular flexibility index (Phi) is 3.78. The normalized spacial score (nSPS) is 10.7. The Morgan fingerprint density at radius 2 is 2.39 bits per heavy atom. The molecule has 0 aliphatic heterocycles. The Labute approximate surface area is 105 Å². The lowest BCUT2D eigenvalue weighted by Gasteiger charge is -2.06. The summed E-state index contributed by atoms with van der Waals surface area (Å²) in [4.78, 5) is 11.7. The van der Waals surface area contributed by atoms with Gasteiger partial charge in [-0.05, 0) is 18.2 Å². The Hall–Kier alpha value is -2.08. The standard InChI is InChI=1S/C12H16N4O2/c1-18-5-4-14-12(17)8-16-11-6-10(13)3-2-9(11)7-15-16/h2-3,6-7H,4-5,8,13H2,1H3,(H,14,17). The van der Waals surface area contributed by atoms with E-state index in [9.17, 15) is 4.79 Å². The summed E-state index contributed by atoms with van der Waals surface area (Å²) in [5.41, 5.74) is 7.24. The van der Waals surface area contributed by atoms with Gasteiger partial charge in [-0.3, -0.25) is 9.48 Å². The number of nitrogens with zero attached hydrogens (tertiary/aromatic N) is 2. The molecule has 0 bridgehead atoms. The number of anilines is 1. The summed E-state index contributed by atoms with van der Waals surface area (Å²) in [7, 11) is 1.59. The van der Waals surface area contributed by atoms with Gasteiger partial charge in [0.1, 0.15) is 6.54 Å². The Morgan fingerprint density at radius 1 is 1.56 bits per heavy atom. The van der Waals surface area contributed by atoms with Crippen molar-refractivity contribution in [1.82, 2.24) is 15.1 Å². The number of carbonyl (C=O) groups excluding carboxylic acids is 1. The molecule has 6 heteroatoms. The van der Waals surface area contributed by atoms with Crippen LogP contribution in [0.4, 0.5) is 5.69 Å². The number of rotatable bonds is 5. The predicted molar refractivity (Wildman–Crippen MR) is 69.0 cm³/mol. The van der Waals surface area contributed by atoms with Crippen molar-refractivity contribution >= 4 is 22.5 Å². The van der Waals surface area contributed by atoms with Gasteiger partial charge in [0.15, 0.2) is 0 Å². The zero-order valence-corrected chi connectivity index (χ0v) is 10.2. The van der Waals surface area contributed by atoms with E-state index in [-0.39, 0.29) is 12.5 Å². The summed E-state index contributed by atoms with van der Waals surface area (Å²) in [6.07, 6.45) is 1.72. The lowest BCUT2D eigenvalue weighted by Crippen LogP contribution is -2.30. The third-order valence-electron chi connectivity index (χ3n) is 2.59. The second kappa shape index (κ2) is 5.50. The molecule has 0 fully saturated rings. The molecule has 0 aliphatic rings. The minimum atomic E-state index is -0.0977. The fourth-order valence-electron chi connectivity index (χ4n) is 1.70. The number of fused-ring (bicyclic) bond motifs is 1. The molecule has 0 atom stereocenters. The number of benzene rings is 1. The van der Waals surface area contributed by atoms with Gasteiger partial charge in [-0.25, -0.2) is 0 Å². The van der Waals surface area contributed by atoms with Crippen molar-refractivity contribution in [3.05, 3.63) is 24.4 Å². The van der Waals surface area contributed by atoms with E-state index in [1.807, 2.05) is 18.2 Å². The number of carbonyl (C=O) groups is 1. The van der Waals surface area contributed by atoms with Crippen LogP contribution in [-0.4, -0.2) is 35.9 Å². The van der Waals surface area contributed by atoms with Gasteiger partial charge in [0.2, 0.25) is 5.91 Å². The minimum absolute atomic E-state index is 0.0977. The van der Waals surface area contributed by atoms with Crippen LogP contribution >= 0.6 is 0 Å². The number of ether oxygens (including phenoxy) is 1. The number of hydrogen-bond donors (Lipinski definition) is 2. The third kappa shape index (κ3) is 2.78. The monoisotopic (exact) mass is 248 g/mol. The first-order chi connectivity index (χ1) is 8.70. The number of aromatic nitrogens is 2. The predicted octanol–water partition coefficient (Wildman–Crippen LogP) is 0.381. The van der Waals surface area contributed by atoms with Crippen LogP contribution in [-0.2, 0) is 16.1 Å². The number of hydrogen-bond acceptors (Lipinski definition) is 4. The zero-order chi connectivity index (χ0) is 13.0. The number of nitrogens with one attached hydrogen (secondary N) is 1. The number of amides is 1. The zero-order valence-electron chi connectivity index (χ0n) is 10.2. The van der Waals surface area contributed by atoms with Crippen LogP contribution in [0.1, 0.15) is 0 Å². The van der Waals surface area contributed by atoms with E-state index in [0.717, 1.165) is 10.9 Å². The summed E-state index contributed by atoms with van der Waals surface area (Å²) < 4.78 is 6.49. The molecule has 0 saturated heterocycles. The molecular weight excluding hydrogens is 232 g/mol. The van der Waals surface area contributed by atoms with E-state index >= 15 is 0 Å². The van der Waals surface area contributed by atoms with Gasteiger partial charge in [-0.1, -0.05) is 0 Å². The minimum Gasteiger partial charge on any atom is -0.399 e. The number of nitrogens with two attached hydrogens (primary N) is 1. The highest BCUT2D eigenvalue weighted by molar-refractivity contribution is 5.84. The summed E-state index contributed by atoms with van der Waals surface area (Å²) in [6.45, 7) is 1.17. The van der Waals surface area contributed by atoms with Gasteiger partial charge >= 0.3 is 0 Å². The van der Waals surface area contributed by atoms with E-state index < -0.39 is 0 Å². The summed E-state index contributed by atoms with van der Waals surface area (Å²) in [5, 5.41) is 7.89. The van der Waals surface area contributed by atoms with E-state index in [4.69, 9.17) is 10.5 Å². The molecule has 0 radical (unpaired) electrons. The van der Waals surface area contributed by atoms with Crippen LogP contribution in [0.15, 0.2) is 24.4 Å². The Balaban J connectivity index is 2.07. The van der Waals surface area contributed by atoms with Gasteiger partial charge < -0.3 is 15.8 Å². The van der Waals surface area contributed by atoms with Crippen molar-refractivity contribution in [2.45, 2.75) is 6.54 Å². The first-order valence-electron chi connectivity index (χ1n) is 5.67. The number of methoxy groups -OCH3 is 1. The molecule has 0 spiro atoms. The van der Waals surface area contributed by atoms with Gasteiger partial charge in [-0.15, -0.1) is 0 Å². The molecule has 1 amide bonds. The largest absolute Gasteiger partial charge is 0.399 e. The van der Waals surface area contributed by atoms with Crippen LogP contribution in [0.3, 0.4) is 0 Å². The van der Waals surface area contributed by atoms with E-state index in [2.05, 4.69) is 10.4 Å². The molecule has 6 nitrogen and oxygen atoms in total. The first-order valence-corrected chi connectivity index (χ1v) is 5.67. The SMILES string of the molecule is COCCNC(=O)Cn1ncc2ccc(N)cc21. The molecule has 0 aliphatic carbocycles. The van der Waals surface area contributed by atoms with Gasteiger partial charge in [0.05, 0.1) is 18.3 Å². The average Bonchev–Trinajstić information content (AvgIpc) is 2.72. The first kappa shape index (κ1) is 12.4. The molecule has 1 aromatic heterocycles. The molecule has 96 valence electrons. The van der Waals surface area contributed by atoms with Crippen LogP contribution in [0.5, 0.6) is 0 Å². The quantitative estimate of drug-likeness (QED) is 0.592. The van der Waals surface area contributed by atoms with E-state index in [1.165, 1.54) is 0 Å². The lowest BCUT2D eigenvalue weighted by atomic mass is 10.2. The van der Waals surface area contributed by atoms with Crippen molar-refractivity contribution < 1.29 is 9.53 Å². The highest BCUT2D eigenvalue weighted by atomic mass is 16.5. The Morgan fingerprint density at radius 3 is 3.17 bits per heavy atom. The van der Waals surface area contributed by atoms with Crippen molar-refractivity contribution in [2.75, 3.05) is 26.0 Å². The summed E-state index contributed by atoms with van der Waals surface area (Å²) >= 11 is 0. The van der Waals surface area contributed by atoms with E-state index in [1.54, 1.807) is 18.0 Å². The molecular formula is C12H16N4O2. The highest BCUT2D eigenvalue weighted by Crippen LogP contribution is 2.16. The maximum Gasteiger partial charge on any atom is 0.241 e.